The molecule has 4 nitrogen and oxygen atoms in total. The first-order valence-electron chi connectivity index (χ1n) is 8.65. The summed E-state index contributed by atoms with van der Waals surface area (Å²) in [6, 6.07) is 17.7. The van der Waals surface area contributed by atoms with E-state index in [-0.39, 0.29) is 12.5 Å². The number of amides is 1. The molecule has 0 radical (unpaired) electrons. The van der Waals surface area contributed by atoms with Gasteiger partial charge in [0.15, 0.2) is 6.61 Å². The summed E-state index contributed by atoms with van der Waals surface area (Å²) in [6.45, 7) is 6.20. The molecule has 1 amide bonds. The van der Waals surface area contributed by atoms with Crippen LogP contribution in [-0.2, 0) is 4.79 Å². The molecule has 4 heteroatoms. The van der Waals surface area contributed by atoms with Gasteiger partial charge in [0.25, 0.3) is 5.91 Å². The van der Waals surface area contributed by atoms with Gasteiger partial charge in [0.05, 0.1) is 0 Å². The van der Waals surface area contributed by atoms with E-state index in [1.165, 1.54) is 0 Å². The Kier molecular flexibility index (Phi) is 7.20. The van der Waals surface area contributed by atoms with Crippen LogP contribution in [0.15, 0.2) is 59.7 Å². The highest BCUT2D eigenvalue weighted by Crippen LogP contribution is 2.29. The lowest BCUT2D eigenvalue weighted by molar-refractivity contribution is -0.123. The summed E-state index contributed by atoms with van der Waals surface area (Å²) in [5.41, 5.74) is 5.50. The van der Waals surface area contributed by atoms with Crippen LogP contribution in [0.25, 0.3) is 11.1 Å². The predicted octanol–water partition coefficient (Wildman–Crippen LogP) is 4.66. The molecule has 2 rings (SSSR count). The van der Waals surface area contributed by atoms with Gasteiger partial charge in [-0.3, -0.25) is 4.79 Å². The summed E-state index contributed by atoms with van der Waals surface area (Å²) in [4.78, 5) is 12.0. The number of carbonyl (C=O) groups is 1. The highest BCUT2D eigenvalue weighted by atomic mass is 16.5. The first kappa shape index (κ1) is 18.7. The number of hydrogen-bond acceptors (Lipinski definition) is 3. The molecule has 0 saturated heterocycles. The normalized spacial score (nSPS) is 11.4. The van der Waals surface area contributed by atoms with Crippen molar-refractivity contribution in [3.63, 3.8) is 0 Å². The molecule has 0 bridgehead atoms. The van der Waals surface area contributed by atoms with Gasteiger partial charge in [-0.1, -0.05) is 62.4 Å². The number of carbonyl (C=O) groups excluding carboxylic acids is 1. The summed E-state index contributed by atoms with van der Waals surface area (Å²) < 4.78 is 5.70. The van der Waals surface area contributed by atoms with E-state index in [0.29, 0.717) is 11.7 Å². The van der Waals surface area contributed by atoms with Gasteiger partial charge in [0.2, 0.25) is 0 Å². The molecule has 0 atom stereocenters. The van der Waals surface area contributed by atoms with Crippen LogP contribution >= 0.6 is 0 Å². The Morgan fingerprint density at radius 1 is 1.08 bits per heavy atom. The van der Waals surface area contributed by atoms with Gasteiger partial charge in [-0.15, -0.1) is 0 Å². The van der Waals surface area contributed by atoms with Crippen LogP contribution in [0, 0.1) is 5.92 Å². The quantitative estimate of drug-likeness (QED) is 0.562. The molecule has 0 saturated carbocycles. The van der Waals surface area contributed by atoms with Crippen molar-refractivity contribution in [2.45, 2.75) is 33.6 Å². The number of nitrogens with zero attached hydrogens (tertiary/aromatic N) is 1. The molecule has 0 fully saturated rings. The number of ether oxygens (including phenoxy) is 1. The Labute approximate surface area is 149 Å². The van der Waals surface area contributed by atoms with Gasteiger partial charge >= 0.3 is 0 Å². The van der Waals surface area contributed by atoms with Crippen molar-refractivity contribution in [3.05, 3.63) is 54.6 Å². The number of nitrogens with one attached hydrogen (secondary N) is 1. The molecule has 0 aliphatic heterocycles. The monoisotopic (exact) mass is 338 g/mol. The summed E-state index contributed by atoms with van der Waals surface area (Å²) in [5.74, 6) is 1.05. The van der Waals surface area contributed by atoms with Gasteiger partial charge in [-0.2, -0.15) is 5.10 Å². The first-order valence-corrected chi connectivity index (χ1v) is 8.65. The number of hydrazone groups is 1. The third-order valence-corrected chi connectivity index (χ3v) is 3.79. The van der Waals surface area contributed by atoms with E-state index in [1.807, 2.05) is 61.5 Å². The summed E-state index contributed by atoms with van der Waals surface area (Å²) in [6.07, 6.45) is 1.95. The Bertz CT molecular complexity index is 709. The fourth-order valence-corrected chi connectivity index (χ4v) is 2.34. The van der Waals surface area contributed by atoms with Crippen molar-refractivity contribution < 1.29 is 9.53 Å². The van der Waals surface area contributed by atoms with Crippen molar-refractivity contribution in [1.29, 1.82) is 0 Å². The Morgan fingerprint density at radius 3 is 2.48 bits per heavy atom. The molecule has 0 aromatic heterocycles. The van der Waals surface area contributed by atoms with E-state index in [0.717, 1.165) is 29.7 Å². The predicted molar refractivity (Wildman–Crippen MR) is 103 cm³/mol. The van der Waals surface area contributed by atoms with Crippen molar-refractivity contribution in [2.24, 2.45) is 11.0 Å². The molecule has 1 N–H and O–H groups in total. The molecule has 132 valence electrons. The van der Waals surface area contributed by atoms with E-state index in [9.17, 15) is 4.79 Å². The van der Waals surface area contributed by atoms with E-state index < -0.39 is 0 Å². The third-order valence-electron chi connectivity index (χ3n) is 3.79. The minimum absolute atomic E-state index is 0.0647. The molecular weight excluding hydrogens is 312 g/mol. The lowest BCUT2D eigenvalue weighted by Gasteiger charge is -2.11. The van der Waals surface area contributed by atoms with Crippen LogP contribution in [0.2, 0.25) is 0 Å². The van der Waals surface area contributed by atoms with Crippen LogP contribution in [0.1, 0.15) is 33.6 Å². The van der Waals surface area contributed by atoms with Crippen molar-refractivity contribution in [2.75, 3.05) is 6.61 Å². The molecule has 0 aliphatic carbocycles. The molecule has 2 aromatic rings. The van der Waals surface area contributed by atoms with E-state index in [2.05, 4.69) is 24.4 Å². The van der Waals surface area contributed by atoms with E-state index in [4.69, 9.17) is 4.74 Å². The molecule has 0 heterocycles. The second-order valence-corrected chi connectivity index (χ2v) is 6.47. The number of para-hydroxylation sites is 1. The van der Waals surface area contributed by atoms with Gasteiger partial charge in [-0.05, 0) is 37.3 Å². The zero-order valence-electron chi connectivity index (χ0n) is 15.2. The lowest BCUT2D eigenvalue weighted by atomic mass is 10.1. The highest BCUT2D eigenvalue weighted by Gasteiger charge is 2.08. The van der Waals surface area contributed by atoms with Crippen LogP contribution in [-0.4, -0.2) is 18.2 Å². The summed E-state index contributed by atoms with van der Waals surface area (Å²) >= 11 is 0. The zero-order chi connectivity index (χ0) is 18.1. The Hall–Kier alpha value is -2.62. The van der Waals surface area contributed by atoms with Gasteiger partial charge in [-0.25, -0.2) is 5.43 Å². The van der Waals surface area contributed by atoms with Crippen molar-refractivity contribution in [1.82, 2.24) is 5.43 Å². The molecule has 0 aliphatic rings. The first-order chi connectivity index (χ1) is 12.1. The number of benzene rings is 2. The average molecular weight is 338 g/mol. The van der Waals surface area contributed by atoms with Crippen molar-refractivity contribution >= 4 is 11.6 Å². The summed E-state index contributed by atoms with van der Waals surface area (Å²) in [5, 5.41) is 4.13. The Balaban J connectivity index is 1.91. The highest BCUT2D eigenvalue weighted by molar-refractivity contribution is 5.84. The van der Waals surface area contributed by atoms with Crippen molar-refractivity contribution in [3.8, 4) is 16.9 Å². The fourth-order valence-electron chi connectivity index (χ4n) is 2.34. The van der Waals surface area contributed by atoms with Gasteiger partial charge in [0, 0.05) is 11.3 Å². The fraction of sp³-hybridized carbons (Fsp3) is 0.333. The van der Waals surface area contributed by atoms with E-state index >= 15 is 0 Å². The average Bonchev–Trinajstić information content (AvgIpc) is 2.64. The standard InChI is InChI=1S/C21H26N2O2/c1-16(2)13-14-17(3)22-23-21(24)15-25-20-12-8-7-11-19(20)18-9-5-4-6-10-18/h4-12,16H,13-15H2,1-3H3,(H,23,24)/b22-17-. The van der Waals surface area contributed by atoms with Crippen LogP contribution in [0.5, 0.6) is 5.75 Å². The number of rotatable bonds is 8. The zero-order valence-corrected chi connectivity index (χ0v) is 15.2. The minimum atomic E-state index is -0.258. The maximum atomic E-state index is 12.0. The largest absolute Gasteiger partial charge is 0.483 e. The van der Waals surface area contributed by atoms with Crippen LogP contribution < -0.4 is 10.2 Å². The topological polar surface area (TPSA) is 50.7 Å². The summed E-state index contributed by atoms with van der Waals surface area (Å²) in [7, 11) is 0. The maximum absolute atomic E-state index is 12.0. The minimum Gasteiger partial charge on any atom is -0.483 e. The van der Waals surface area contributed by atoms with Gasteiger partial charge < -0.3 is 4.74 Å². The Morgan fingerprint density at radius 2 is 1.76 bits per heavy atom. The molecule has 0 spiro atoms. The van der Waals surface area contributed by atoms with Crippen LogP contribution in [0.3, 0.4) is 0 Å². The smallest absolute Gasteiger partial charge is 0.277 e. The van der Waals surface area contributed by atoms with Gasteiger partial charge in [0.1, 0.15) is 5.75 Å². The second-order valence-electron chi connectivity index (χ2n) is 6.47. The third kappa shape index (κ3) is 6.42. The second kappa shape index (κ2) is 9.62. The van der Waals surface area contributed by atoms with Crippen LogP contribution in [0.4, 0.5) is 0 Å². The molecular formula is C21H26N2O2. The van der Waals surface area contributed by atoms with E-state index in [1.54, 1.807) is 0 Å². The lowest BCUT2D eigenvalue weighted by Crippen LogP contribution is -2.25. The number of hydrogen-bond donors (Lipinski definition) is 1. The molecule has 0 unspecified atom stereocenters. The maximum Gasteiger partial charge on any atom is 0.277 e. The SMILES string of the molecule is C/C(CCC(C)C)=N/NC(=O)COc1ccccc1-c1ccccc1. The molecule has 2 aromatic carbocycles. The molecule has 25 heavy (non-hydrogen) atoms.